The number of fused-ring (bicyclic) bond motifs is 1. The van der Waals surface area contributed by atoms with E-state index in [1.54, 1.807) is 30.2 Å². The van der Waals surface area contributed by atoms with Gasteiger partial charge >= 0.3 is 0 Å². The molecule has 0 spiro atoms. The summed E-state index contributed by atoms with van der Waals surface area (Å²) < 4.78 is 10.4. The number of carbonyl (C=O) groups excluding carboxylic acids is 2. The number of anilines is 1. The Morgan fingerprint density at radius 1 is 1.06 bits per heavy atom. The first-order chi connectivity index (χ1) is 15.5. The fourth-order valence-electron chi connectivity index (χ4n) is 3.89. The summed E-state index contributed by atoms with van der Waals surface area (Å²) in [5.74, 6) is 0.930. The Labute approximate surface area is 191 Å². The normalized spacial score (nSPS) is 13.5. The number of hydrogen-bond donors (Lipinski definition) is 1. The van der Waals surface area contributed by atoms with Crippen LogP contribution in [0.4, 0.5) is 5.69 Å². The van der Waals surface area contributed by atoms with Gasteiger partial charge in [-0.3, -0.25) is 9.59 Å². The third kappa shape index (κ3) is 4.41. The average molecular weight is 451 g/mol. The molecule has 2 amide bonds. The molecule has 1 atom stereocenters. The minimum Gasteiger partial charge on any atom is -0.497 e. The summed E-state index contributed by atoms with van der Waals surface area (Å²) in [6.07, 6.45) is 0.0930. The topological polar surface area (TPSA) is 67.9 Å². The summed E-state index contributed by atoms with van der Waals surface area (Å²) in [6.45, 7) is 0.452. The highest BCUT2D eigenvalue weighted by molar-refractivity contribution is 6.32. The van der Waals surface area contributed by atoms with E-state index in [9.17, 15) is 9.59 Å². The van der Waals surface area contributed by atoms with E-state index in [0.29, 0.717) is 34.3 Å². The van der Waals surface area contributed by atoms with Gasteiger partial charge in [0.2, 0.25) is 5.91 Å². The van der Waals surface area contributed by atoms with Gasteiger partial charge in [0.25, 0.3) is 5.91 Å². The molecule has 0 aliphatic carbocycles. The van der Waals surface area contributed by atoms with Crippen molar-refractivity contribution >= 4 is 29.1 Å². The summed E-state index contributed by atoms with van der Waals surface area (Å²) in [6, 6.07) is 19.6. The van der Waals surface area contributed by atoms with Crippen LogP contribution in [0.5, 0.6) is 11.5 Å². The van der Waals surface area contributed by atoms with Crippen LogP contribution in [0.25, 0.3) is 0 Å². The third-order valence-electron chi connectivity index (χ3n) is 5.54. The highest BCUT2D eigenvalue weighted by Gasteiger charge is 2.34. The van der Waals surface area contributed by atoms with E-state index in [1.807, 2.05) is 48.5 Å². The Balaban J connectivity index is 1.59. The molecule has 4 rings (SSSR count). The van der Waals surface area contributed by atoms with Crippen LogP contribution in [0.3, 0.4) is 0 Å². The van der Waals surface area contributed by atoms with Gasteiger partial charge in [0, 0.05) is 17.8 Å². The lowest BCUT2D eigenvalue weighted by molar-refractivity contribution is -0.117. The van der Waals surface area contributed by atoms with E-state index in [2.05, 4.69) is 5.32 Å². The van der Waals surface area contributed by atoms with Crippen molar-refractivity contribution < 1.29 is 19.1 Å². The number of carbonyl (C=O) groups is 2. The fraction of sp³-hybridized carbons (Fsp3) is 0.200. The van der Waals surface area contributed by atoms with Crippen molar-refractivity contribution in [2.45, 2.75) is 19.0 Å². The molecule has 6 nitrogen and oxygen atoms in total. The van der Waals surface area contributed by atoms with Crippen molar-refractivity contribution in [3.05, 3.63) is 88.4 Å². The molecule has 3 aromatic rings. The molecule has 0 fully saturated rings. The van der Waals surface area contributed by atoms with Crippen LogP contribution in [0.1, 0.15) is 33.9 Å². The van der Waals surface area contributed by atoms with E-state index in [4.69, 9.17) is 21.1 Å². The molecule has 0 bridgehead atoms. The van der Waals surface area contributed by atoms with Gasteiger partial charge in [-0.15, -0.1) is 0 Å². The van der Waals surface area contributed by atoms with Gasteiger partial charge in [0.05, 0.1) is 31.7 Å². The predicted octanol–water partition coefficient (Wildman–Crippen LogP) is 5.08. The fourth-order valence-corrected chi connectivity index (χ4v) is 4.15. The van der Waals surface area contributed by atoms with Gasteiger partial charge in [0.15, 0.2) is 0 Å². The second-order valence-corrected chi connectivity index (χ2v) is 7.89. The van der Waals surface area contributed by atoms with Gasteiger partial charge in [-0.1, -0.05) is 41.9 Å². The van der Waals surface area contributed by atoms with E-state index in [0.717, 1.165) is 11.1 Å². The number of ether oxygens (including phenoxy) is 2. The van der Waals surface area contributed by atoms with Crippen molar-refractivity contribution in [2.24, 2.45) is 0 Å². The predicted molar refractivity (Wildman–Crippen MR) is 123 cm³/mol. The summed E-state index contributed by atoms with van der Waals surface area (Å²) in [5.41, 5.74) is 3.05. The summed E-state index contributed by atoms with van der Waals surface area (Å²) in [4.78, 5) is 27.8. The Bertz CT molecular complexity index is 1150. The Hall–Kier alpha value is -3.51. The van der Waals surface area contributed by atoms with E-state index in [1.165, 1.54) is 7.11 Å². The van der Waals surface area contributed by atoms with Crippen LogP contribution >= 0.6 is 11.6 Å². The number of amides is 2. The first-order valence-electron chi connectivity index (χ1n) is 10.2. The summed E-state index contributed by atoms with van der Waals surface area (Å²) >= 11 is 6.18. The Morgan fingerprint density at radius 2 is 1.81 bits per heavy atom. The van der Waals surface area contributed by atoms with Crippen LogP contribution in [-0.2, 0) is 11.3 Å². The van der Waals surface area contributed by atoms with Crippen LogP contribution < -0.4 is 14.8 Å². The Morgan fingerprint density at radius 3 is 2.47 bits per heavy atom. The number of rotatable bonds is 7. The molecule has 0 radical (unpaired) electrons. The maximum absolute atomic E-state index is 13.1. The zero-order valence-electron chi connectivity index (χ0n) is 17.8. The molecule has 0 saturated heterocycles. The molecular weight excluding hydrogens is 428 g/mol. The van der Waals surface area contributed by atoms with Crippen LogP contribution in [-0.4, -0.2) is 30.9 Å². The van der Waals surface area contributed by atoms with Crippen LogP contribution in [0.15, 0.2) is 66.7 Å². The number of benzene rings is 3. The number of nitrogens with zero attached hydrogens (tertiary/aromatic N) is 1. The number of methoxy groups -OCH3 is 2. The van der Waals surface area contributed by atoms with Crippen molar-refractivity contribution in [1.82, 2.24) is 4.90 Å². The summed E-state index contributed by atoms with van der Waals surface area (Å²) in [7, 11) is 3.13. The molecule has 1 N–H and O–H groups in total. The first kappa shape index (κ1) is 21.7. The second-order valence-electron chi connectivity index (χ2n) is 7.48. The highest BCUT2D eigenvalue weighted by atomic mass is 35.5. The molecule has 32 heavy (non-hydrogen) atoms. The molecule has 3 aromatic carbocycles. The van der Waals surface area contributed by atoms with E-state index >= 15 is 0 Å². The molecular formula is C25H23ClN2O4. The van der Waals surface area contributed by atoms with Crippen LogP contribution in [0.2, 0.25) is 5.02 Å². The van der Waals surface area contributed by atoms with Crippen molar-refractivity contribution in [2.75, 3.05) is 19.5 Å². The first-order valence-corrected chi connectivity index (χ1v) is 10.5. The molecule has 1 heterocycles. The minimum absolute atomic E-state index is 0.0818. The van der Waals surface area contributed by atoms with E-state index < -0.39 is 6.04 Å². The number of nitrogens with one attached hydrogen (secondary N) is 1. The smallest absolute Gasteiger partial charge is 0.255 e. The molecule has 0 unspecified atom stereocenters. The zero-order valence-corrected chi connectivity index (χ0v) is 18.6. The lowest BCUT2D eigenvalue weighted by Crippen LogP contribution is -2.32. The van der Waals surface area contributed by atoms with Gasteiger partial charge in [-0.25, -0.2) is 0 Å². The monoisotopic (exact) mass is 450 g/mol. The SMILES string of the molecule is COc1ccc([C@H](CC(=O)Nc2ccc(OC)c(Cl)c2)N2Cc3ccccc3C2=O)cc1. The standard InChI is InChI=1S/C25H23ClN2O4/c1-31-19-10-7-16(8-11-19)22(28-15-17-5-3-4-6-20(17)25(28)30)14-24(29)27-18-9-12-23(32-2)21(26)13-18/h3-13,22H,14-15H2,1-2H3,(H,27,29)/t22-/m0/s1. The molecule has 164 valence electrons. The lowest BCUT2D eigenvalue weighted by Gasteiger charge is -2.28. The average Bonchev–Trinajstić information content (AvgIpc) is 3.14. The number of hydrogen-bond acceptors (Lipinski definition) is 4. The quantitative estimate of drug-likeness (QED) is 0.544. The Kier molecular flexibility index (Phi) is 6.32. The largest absolute Gasteiger partial charge is 0.497 e. The minimum atomic E-state index is -0.436. The summed E-state index contributed by atoms with van der Waals surface area (Å²) in [5, 5.41) is 3.28. The second kappa shape index (κ2) is 9.32. The molecule has 1 aliphatic heterocycles. The van der Waals surface area contributed by atoms with Gasteiger partial charge < -0.3 is 19.7 Å². The molecule has 7 heteroatoms. The van der Waals surface area contributed by atoms with Crippen molar-refractivity contribution in [1.29, 1.82) is 0 Å². The maximum atomic E-state index is 13.1. The molecule has 0 saturated carbocycles. The zero-order chi connectivity index (χ0) is 22.7. The van der Waals surface area contributed by atoms with Gasteiger partial charge in [0.1, 0.15) is 11.5 Å². The highest BCUT2D eigenvalue weighted by Crippen LogP contribution is 2.34. The van der Waals surface area contributed by atoms with Crippen molar-refractivity contribution in [3.8, 4) is 11.5 Å². The van der Waals surface area contributed by atoms with Gasteiger partial charge in [-0.05, 0) is 47.5 Å². The van der Waals surface area contributed by atoms with E-state index in [-0.39, 0.29) is 18.2 Å². The van der Waals surface area contributed by atoms with Crippen LogP contribution in [0, 0.1) is 0 Å². The lowest BCUT2D eigenvalue weighted by atomic mass is 10.0. The third-order valence-corrected chi connectivity index (χ3v) is 5.84. The number of halogens is 1. The molecule has 0 aromatic heterocycles. The molecule has 1 aliphatic rings. The maximum Gasteiger partial charge on any atom is 0.255 e. The van der Waals surface area contributed by atoms with Crippen molar-refractivity contribution in [3.63, 3.8) is 0 Å². The van der Waals surface area contributed by atoms with Gasteiger partial charge in [-0.2, -0.15) is 0 Å².